The Balaban J connectivity index is 2.33. The first-order valence-electron chi connectivity index (χ1n) is 6.59. The summed E-state index contributed by atoms with van der Waals surface area (Å²) >= 11 is 7.12. The average molecular weight is 414 g/mol. The Morgan fingerprint density at radius 1 is 1.19 bits per heavy atom. The molecule has 2 aromatic carbocycles. The van der Waals surface area contributed by atoms with Crippen molar-refractivity contribution in [3.8, 4) is 5.75 Å². The van der Waals surface area contributed by atoms with E-state index in [1.165, 1.54) is 5.56 Å². The second-order valence-electron chi connectivity index (χ2n) is 4.90. The second-order valence-corrected chi connectivity index (χ2v) is 6.67. The molecule has 112 valence electrons. The van der Waals surface area contributed by atoms with Crippen molar-refractivity contribution in [2.45, 2.75) is 19.4 Å². The minimum Gasteiger partial charge on any atom is -0.496 e. The van der Waals surface area contributed by atoms with E-state index in [9.17, 15) is 0 Å². The molecule has 0 aromatic heterocycles. The van der Waals surface area contributed by atoms with Crippen LogP contribution in [0.2, 0.25) is 0 Å². The molecule has 0 radical (unpaired) electrons. The predicted octanol–water partition coefficient (Wildman–Crippen LogP) is 4.28. The highest BCUT2D eigenvalue weighted by Gasteiger charge is 2.16. The van der Waals surface area contributed by atoms with Crippen molar-refractivity contribution in [1.29, 1.82) is 0 Å². The zero-order chi connectivity index (χ0) is 15.4. The molecule has 3 nitrogen and oxygen atoms in total. The molecule has 0 aliphatic heterocycles. The maximum atomic E-state index is 5.77. The smallest absolute Gasteiger partial charge is 0.122 e. The van der Waals surface area contributed by atoms with Crippen molar-refractivity contribution in [2.75, 3.05) is 7.11 Å². The van der Waals surface area contributed by atoms with E-state index in [1.54, 1.807) is 7.11 Å². The van der Waals surface area contributed by atoms with Crippen LogP contribution in [0.5, 0.6) is 5.75 Å². The highest BCUT2D eigenvalue weighted by molar-refractivity contribution is 9.10. The summed E-state index contributed by atoms with van der Waals surface area (Å²) in [4.78, 5) is 0. The Kier molecular flexibility index (Phi) is 5.81. The molecule has 0 spiro atoms. The Morgan fingerprint density at radius 3 is 2.57 bits per heavy atom. The van der Waals surface area contributed by atoms with Crippen LogP contribution < -0.4 is 16.0 Å². The van der Waals surface area contributed by atoms with Gasteiger partial charge in [0.05, 0.1) is 13.2 Å². The molecule has 0 aliphatic carbocycles. The third-order valence-electron chi connectivity index (χ3n) is 3.40. The first-order valence-corrected chi connectivity index (χ1v) is 8.18. The van der Waals surface area contributed by atoms with E-state index in [1.807, 2.05) is 12.1 Å². The minimum absolute atomic E-state index is 0.00294. The van der Waals surface area contributed by atoms with Gasteiger partial charge in [-0.15, -0.1) is 0 Å². The van der Waals surface area contributed by atoms with Gasteiger partial charge in [0.1, 0.15) is 5.75 Å². The topological polar surface area (TPSA) is 47.3 Å². The summed E-state index contributed by atoms with van der Waals surface area (Å²) in [5.41, 5.74) is 6.34. The number of benzene rings is 2. The summed E-state index contributed by atoms with van der Waals surface area (Å²) < 4.78 is 7.51. The van der Waals surface area contributed by atoms with Crippen molar-refractivity contribution >= 4 is 31.9 Å². The number of halogens is 2. The van der Waals surface area contributed by atoms with Gasteiger partial charge < -0.3 is 4.74 Å². The number of rotatable bonds is 5. The van der Waals surface area contributed by atoms with Crippen molar-refractivity contribution < 1.29 is 4.74 Å². The lowest BCUT2D eigenvalue weighted by molar-refractivity contribution is 0.405. The van der Waals surface area contributed by atoms with E-state index in [2.05, 4.69) is 68.5 Å². The lowest BCUT2D eigenvalue weighted by Gasteiger charge is -2.20. The fourth-order valence-corrected chi connectivity index (χ4v) is 3.48. The number of nitrogens with one attached hydrogen (secondary N) is 1. The summed E-state index contributed by atoms with van der Waals surface area (Å²) in [6, 6.07) is 12.3. The van der Waals surface area contributed by atoms with Crippen LogP contribution in [0.25, 0.3) is 0 Å². The van der Waals surface area contributed by atoms with Gasteiger partial charge in [0.15, 0.2) is 0 Å². The first-order chi connectivity index (χ1) is 10.0. The third-order valence-corrected chi connectivity index (χ3v) is 4.58. The Morgan fingerprint density at radius 2 is 1.95 bits per heavy atom. The lowest BCUT2D eigenvalue weighted by atomic mass is 9.98. The summed E-state index contributed by atoms with van der Waals surface area (Å²) in [6.07, 6.45) is 0.737. The fraction of sp³-hybridized carbons (Fsp3) is 0.250. The van der Waals surface area contributed by atoms with Crippen LogP contribution in [-0.2, 0) is 6.42 Å². The largest absolute Gasteiger partial charge is 0.496 e. The molecule has 3 N–H and O–H groups in total. The molecule has 0 fully saturated rings. The number of methoxy groups -OCH3 is 1. The van der Waals surface area contributed by atoms with E-state index in [0.717, 1.165) is 32.2 Å². The standard InChI is InChI=1S/C16H18Br2N2O/c1-10-3-5-13(14(18)7-10)15(20-19)9-11-8-12(17)4-6-16(11)21-2/h3-8,15,20H,9,19H2,1-2H3. The number of ether oxygens (including phenoxy) is 1. The minimum atomic E-state index is 0.00294. The molecule has 2 aromatic rings. The normalized spacial score (nSPS) is 12.2. The average Bonchev–Trinajstić information content (AvgIpc) is 2.45. The van der Waals surface area contributed by atoms with Crippen LogP contribution in [0.4, 0.5) is 0 Å². The molecule has 1 unspecified atom stereocenters. The summed E-state index contributed by atoms with van der Waals surface area (Å²) in [6.45, 7) is 2.07. The summed E-state index contributed by atoms with van der Waals surface area (Å²) in [5.74, 6) is 6.63. The van der Waals surface area contributed by atoms with Gasteiger partial charge >= 0.3 is 0 Å². The van der Waals surface area contributed by atoms with Crippen molar-refractivity contribution in [3.63, 3.8) is 0 Å². The molecule has 1 atom stereocenters. The Labute approximate surface area is 142 Å². The zero-order valence-electron chi connectivity index (χ0n) is 12.0. The van der Waals surface area contributed by atoms with E-state index in [0.29, 0.717) is 0 Å². The number of hydrogen-bond acceptors (Lipinski definition) is 3. The van der Waals surface area contributed by atoms with Crippen LogP contribution in [0, 0.1) is 6.92 Å². The first kappa shape index (κ1) is 16.5. The molecule has 5 heteroatoms. The highest BCUT2D eigenvalue weighted by Crippen LogP contribution is 2.31. The molecular weight excluding hydrogens is 396 g/mol. The molecule has 0 saturated heterocycles. The van der Waals surface area contributed by atoms with Crippen LogP contribution in [0.15, 0.2) is 45.3 Å². The molecule has 0 heterocycles. The number of hydrazine groups is 1. The maximum absolute atomic E-state index is 5.77. The van der Waals surface area contributed by atoms with Crippen LogP contribution >= 0.6 is 31.9 Å². The zero-order valence-corrected chi connectivity index (χ0v) is 15.2. The van der Waals surface area contributed by atoms with Crippen molar-refractivity contribution in [2.24, 2.45) is 5.84 Å². The molecule has 21 heavy (non-hydrogen) atoms. The molecule has 0 amide bonds. The summed E-state index contributed by atoms with van der Waals surface area (Å²) in [7, 11) is 1.68. The number of nitrogens with two attached hydrogens (primary N) is 1. The van der Waals surface area contributed by atoms with Gasteiger partial charge in [-0.25, -0.2) is 0 Å². The van der Waals surface area contributed by atoms with Crippen LogP contribution in [-0.4, -0.2) is 7.11 Å². The molecular formula is C16H18Br2N2O. The SMILES string of the molecule is COc1ccc(Br)cc1CC(NN)c1ccc(C)cc1Br. The number of hydrogen-bond donors (Lipinski definition) is 2. The van der Waals surface area contributed by atoms with Gasteiger partial charge in [-0.2, -0.15) is 0 Å². The van der Waals surface area contributed by atoms with Gasteiger partial charge in [-0.1, -0.05) is 44.0 Å². The van der Waals surface area contributed by atoms with Gasteiger partial charge in [0.2, 0.25) is 0 Å². The van der Waals surface area contributed by atoms with E-state index in [-0.39, 0.29) is 6.04 Å². The van der Waals surface area contributed by atoms with E-state index < -0.39 is 0 Å². The van der Waals surface area contributed by atoms with Gasteiger partial charge in [-0.05, 0) is 54.3 Å². The van der Waals surface area contributed by atoms with Gasteiger partial charge in [0.25, 0.3) is 0 Å². The van der Waals surface area contributed by atoms with E-state index >= 15 is 0 Å². The lowest BCUT2D eigenvalue weighted by Crippen LogP contribution is -2.30. The molecule has 0 aliphatic rings. The van der Waals surface area contributed by atoms with Crippen molar-refractivity contribution in [3.05, 3.63) is 62.0 Å². The highest BCUT2D eigenvalue weighted by atomic mass is 79.9. The Bertz CT molecular complexity index is 632. The quantitative estimate of drug-likeness (QED) is 0.568. The molecule has 0 bridgehead atoms. The maximum Gasteiger partial charge on any atom is 0.122 e. The summed E-state index contributed by atoms with van der Waals surface area (Å²) in [5, 5.41) is 0. The second kappa shape index (κ2) is 7.40. The van der Waals surface area contributed by atoms with Crippen molar-refractivity contribution in [1.82, 2.24) is 5.43 Å². The molecule has 0 saturated carbocycles. The monoisotopic (exact) mass is 412 g/mol. The Hall–Kier alpha value is -0.880. The number of aryl methyl sites for hydroxylation is 1. The fourth-order valence-electron chi connectivity index (χ4n) is 2.30. The van der Waals surface area contributed by atoms with Gasteiger partial charge in [0, 0.05) is 8.95 Å². The molecule has 2 rings (SSSR count). The van der Waals surface area contributed by atoms with Crippen LogP contribution in [0.1, 0.15) is 22.7 Å². The van der Waals surface area contributed by atoms with Gasteiger partial charge in [-0.3, -0.25) is 11.3 Å². The van der Waals surface area contributed by atoms with Crippen LogP contribution in [0.3, 0.4) is 0 Å². The predicted molar refractivity (Wildman–Crippen MR) is 93.3 cm³/mol. The third kappa shape index (κ3) is 4.07. The van der Waals surface area contributed by atoms with E-state index in [4.69, 9.17) is 10.6 Å².